The number of carbonyl (C=O) groups excluding carboxylic acids is 2. The summed E-state index contributed by atoms with van der Waals surface area (Å²) in [5, 5.41) is 2.81. The first-order chi connectivity index (χ1) is 8.68. The molecule has 0 aromatic heterocycles. The van der Waals surface area contributed by atoms with E-state index >= 15 is 0 Å². The van der Waals surface area contributed by atoms with E-state index in [1.54, 1.807) is 0 Å². The summed E-state index contributed by atoms with van der Waals surface area (Å²) in [6.07, 6.45) is 1.90. The Morgan fingerprint density at radius 2 is 1.72 bits per heavy atom. The van der Waals surface area contributed by atoms with Crippen molar-refractivity contribution in [1.82, 2.24) is 5.32 Å². The fourth-order valence-electron chi connectivity index (χ4n) is 1.67. The van der Waals surface area contributed by atoms with Crippen molar-refractivity contribution < 1.29 is 9.59 Å². The second-order valence-corrected chi connectivity index (χ2v) is 4.24. The molecule has 0 aliphatic heterocycles. The maximum Gasteiger partial charge on any atom is 0.223 e. The maximum absolute atomic E-state index is 11.6. The summed E-state index contributed by atoms with van der Waals surface area (Å²) in [4.78, 5) is 23.1. The van der Waals surface area contributed by atoms with Crippen molar-refractivity contribution in [2.75, 3.05) is 0 Å². The minimum absolute atomic E-state index is 0.00375. The smallest absolute Gasteiger partial charge is 0.223 e. The van der Waals surface area contributed by atoms with E-state index in [4.69, 9.17) is 0 Å². The molecule has 2 rings (SSSR count). The lowest BCUT2D eigenvalue weighted by Gasteiger charge is -2.16. The van der Waals surface area contributed by atoms with Gasteiger partial charge in [-0.15, -0.1) is 0 Å². The Kier molecular flexibility index (Phi) is 5.56. The Balaban J connectivity index is 0.000000771. The highest BCUT2D eigenvalue weighted by Crippen LogP contribution is 2.29. The molecule has 1 unspecified atom stereocenters. The third-order valence-electron chi connectivity index (χ3n) is 2.77. The molecule has 1 atom stereocenters. The zero-order valence-corrected chi connectivity index (χ0v) is 11.3. The van der Waals surface area contributed by atoms with Gasteiger partial charge in [-0.2, -0.15) is 0 Å². The van der Waals surface area contributed by atoms with Crippen molar-refractivity contribution in [3.8, 4) is 0 Å². The van der Waals surface area contributed by atoms with Crippen molar-refractivity contribution >= 4 is 11.7 Å². The normalized spacial score (nSPS) is 15.1. The van der Waals surface area contributed by atoms with Crippen LogP contribution in [0.2, 0.25) is 0 Å². The van der Waals surface area contributed by atoms with Crippen LogP contribution in [0.25, 0.3) is 0 Å². The number of benzene rings is 1. The third kappa shape index (κ3) is 3.99. The number of carbonyl (C=O) groups is 2. The molecule has 3 heteroatoms. The van der Waals surface area contributed by atoms with Crippen molar-refractivity contribution in [1.29, 1.82) is 0 Å². The van der Waals surface area contributed by atoms with E-state index < -0.39 is 6.04 Å². The largest absolute Gasteiger partial charge is 0.342 e. The molecule has 18 heavy (non-hydrogen) atoms. The van der Waals surface area contributed by atoms with Gasteiger partial charge < -0.3 is 5.32 Å². The zero-order valence-electron chi connectivity index (χ0n) is 11.3. The highest BCUT2D eigenvalue weighted by Gasteiger charge is 2.32. The van der Waals surface area contributed by atoms with Crippen LogP contribution in [0.1, 0.15) is 45.2 Å². The van der Waals surface area contributed by atoms with Gasteiger partial charge in [-0.05, 0) is 25.3 Å². The van der Waals surface area contributed by atoms with E-state index in [-0.39, 0.29) is 17.6 Å². The second-order valence-electron chi connectivity index (χ2n) is 4.24. The van der Waals surface area contributed by atoms with Crippen LogP contribution in [0, 0.1) is 5.92 Å². The summed E-state index contributed by atoms with van der Waals surface area (Å²) in [7, 11) is 0. The van der Waals surface area contributed by atoms with Crippen LogP contribution in [0.3, 0.4) is 0 Å². The first-order valence-electron chi connectivity index (χ1n) is 6.54. The SMILES string of the molecule is CC.CC(=O)C(NC(=O)C1CC1)c1ccccc1. The van der Waals surface area contributed by atoms with Crippen LogP contribution in [0.4, 0.5) is 0 Å². The molecule has 1 aromatic rings. The summed E-state index contributed by atoms with van der Waals surface area (Å²) in [6, 6.07) is 8.86. The predicted octanol–water partition coefficient (Wildman–Crippen LogP) is 2.87. The minimum Gasteiger partial charge on any atom is -0.342 e. The fourth-order valence-corrected chi connectivity index (χ4v) is 1.67. The van der Waals surface area contributed by atoms with E-state index in [2.05, 4.69) is 5.32 Å². The highest BCUT2D eigenvalue weighted by atomic mass is 16.2. The molecule has 0 heterocycles. The number of Topliss-reactive ketones (excluding diaryl/α,β-unsaturated/α-hetero) is 1. The molecule has 0 radical (unpaired) electrons. The summed E-state index contributed by atoms with van der Waals surface area (Å²) < 4.78 is 0. The van der Waals surface area contributed by atoms with Gasteiger partial charge in [0.05, 0.1) is 0 Å². The third-order valence-corrected chi connectivity index (χ3v) is 2.77. The first-order valence-corrected chi connectivity index (χ1v) is 6.54. The highest BCUT2D eigenvalue weighted by molar-refractivity contribution is 5.90. The lowest BCUT2D eigenvalue weighted by atomic mass is 10.0. The maximum atomic E-state index is 11.6. The average Bonchev–Trinajstić information content (AvgIpc) is 3.23. The van der Waals surface area contributed by atoms with Gasteiger partial charge in [0.1, 0.15) is 6.04 Å². The molecule has 0 spiro atoms. The van der Waals surface area contributed by atoms with Gasteiger partial charge in [-0.1, -0.05) is 44.2 Å². The molecule has 1 aromatic carbocycles. The molecule has 1 N–H and O–H groups in total. The van der Waals surface area contributed by atoms with Gasteiger partial charge in [0.15, 0.2) is 5.78 Å². The Hall–Kier alpha value is -1.64. The summed E-state index contributed by atoms with van der Waals surface area (Å²) in [5.74, 6) is 0.106. The van der Waals surface area contributed by atoms with E-state index in [0.29, 0.717) is 0 Å². The van der Waals surface area contributed by atoms with Crippen molar-refractivity contribution in [3.63, 3.8) is 0 Å². The first kappa shape index (κ1) is 14.4. The summed E-state index contributed by atoms with van der Waals surface area (Å²) in [5.41, 5.74) is 0.851. The van der Waals surface area contributed by atoms with Gasteiger partial charge in [-0.25, -0.2) is 0 Å². The number of hydrogen-bond acceptors (Lipinski definition) is 2. The van der Waals surface area contributed by atoms with Crippen LogP contribution >= 0.6 is 0 Å². The van der Waals surface area contributed by atoms with Gasteiger partial charge in [0, 0.05) is 5.92 Å². The second kappa shape index (κ2) is 6.94. The van der Waals surface area contributed by atoms with Crippen LogP contribution in [0.5, 0.6) is 0 Å². The van der Waals surface area contributed by atoms with Crippen LogP contribution in [0.15, 0.2) is 30.3 Å². The Morgan fingerprint density at radius 3 is 2.17 bits per heavy atom. The quantitative estimate of drug-likeness (QED) is 0.889. The summed E-state index contributed by atoms with van der Waals surface area (Å²) >= 11 is 0. The molecule has 1 amide bonds. The Morgan fingerprint density at radius 1 is 1.17 bits per heavy atom. The standard InChI is InChI=1S/C13H15NO2.C2H6/c1-9(15)12(10-5-3-2-4-6-10)14-13(16)11-7-8-11;1-2/h2-6,11-12H,7-8H2,1H3,(H,14,16);1-2H3. The van der Waals surface area contributed by atoms with Crippen LogP contribution in [-0.2, 0) is 9.59 Å². The Labute approximate surface area is 109 Å². The minimum atomic E-state index is -0.491. The molecule has 98 valence electrons. The number of hydrogen-bond donors (Lipinski definition) is 1. The zero-order chi connectivity index (χ0) is 13.5. The summed E-state index contributed by atoms with van der Waals surface area (Å²) in [6.45, 7) is 5.50. The van der Waals surface area contributed by atoms with E-state index in [1.807, 2.05) is 44.2 Å². The van der Waals surface area contributed by atoms with Gasteiger partial charge in [0.2, 0.25) is 5.91 Å². The average molecular weight is 247 g/mol. The van der Waals surface area contributed by atoms with Gasteiger partial charge in [0.25, 0.3) is 0 Å². The molecular formula is C15H21NO2. The van der Waals surface area contributed by atoms with Crippen molar-refractivity contribution in [2.24, 2.45) is 5.92 Å². The van der Waals surface area contributed by atoms with Crippen molar-refractivity contribution in [2.45, 2.75) is 39.7 Å². The predicted molar refractivity (Wildman–Crippen MR) is 72.1 cm³/mol. The number of amides is 1. The molecule has 3 nitrogen and oxygen atoms in total. The number of nitrogens with one attached hydrogen (secondary N) is 1. The number of ketones is 1. The fraction of sp³-hybridized carbons (Fsp3) is 0.467. The Bertz CT molecular complexity index is 396. The molecule has 1 saturated carbocycles. The van der Waals surface area contributed by atoms with E-state index in [1.165, 1.54) is 6.92 Å². The van der Waals surface area contributed by atoms with E-state index in [0.717, 1.165) is 18.4 Å². The molecule has 1 fully saturated rings. The van der Waals surface area contributed by atoms with Crippen LogP contribution in [-0.4, -0.2) is 11.7 Å². The molecule has 1 aliphatic carbocycles. The van der Waals surface area contributed by atoms with Crippen LogP contribution < -0.4 is 5.32 Å². The lowest BCUT2D eigenvalue weighted by Crippen LogP contribution is -2.33. The topological polar surface area (TPSA) is 46.2 Å². The van der Waals surface area contributed by atoms with Gasteiger partial charge >= 0.3 is 0 Å². The molecule has 0 bridgehead atoms. The molecule has 0 saturated heterocycles. The molecule has 1 aliphatic rings. The number of rotatable bonds is 4. The van der Waals surface area contributed by atoms with Gasteiger partial charge in [-0.3, -0.25) is 9.59 Å². The molecular weight excluding hydrogens is 226 g/mol. The van der Waals surface area contributed by atoms with E-state index in [9.17, 15) is 9.59 Å². The monoisotopic (exact) mass is 247 g/mol. The van der Waals surface area contributed by atoms with Crippen molar-refractivity contribution in [3.05, 3.63) is 35.9 Å². The lowest BCUT2D eigenvalue weighted by molar-refractivity contribution is -0.127.